The van der Waals surface area contributed by atoms with Gasteiger partial charge in [0.2, 0.25) is 0 Å². The molecule has 0 atom stereocenters. The van der Waals surface area contributed by atoms with Gasteiger partial charge in [-0.05, 0) is 18.2 Å². The molecule has 1 aromatic rings. The van der Waals surface area contributed by atoms with Gasteiger partial charge >= 0.3 is 12.3 Å². The predicted molar refractivity (Wildman–Crippen MR) is 51.4 cm³/mol. The van der Waals surface area contributed by atoms with E-state index in [2.05, 4.69) is 4.74 Å². The number of amides is 1. The maximum atomic E-state index is 12.2. The van der Waals surface area contributed by atoms with Crippen LogP contribution in [0.25, 0.3) is 0 Å². The molecule has 0 aromatic heterocycles. The number of hydrogen-bond donors (Lipinski definition) is 1. The van der Waals surface area contributed by atoms with E-state index in [9.17, 15) is 18.0 Å². The molecule has 0 saturated carbocycles. The molecule has 7 heteroatoms. The number of benzene rings is 1. The fourth-order valence-electron chi connectivity index (χ4n) is 1.11. The SMILES string of the molecule is NC(=O)Oc1ccc(Cl)cc1CC(F)(F)F. The summed E-state index contributed by atoms with van der Waals surface area (Å²) in [7, 11) is 0. The van der Waals surface area contributed by atoms with Crippen LogP contribution in [0.2, 0.25) is 5.02 Å². The van der Waals surface area contributed by atoms with Gasteiger partial charge in [0, 0.05) is 10.6 Å². The lowest BCUT2D eigenvalue weighted by Gasteiger charge is -2.11. The van der Waals surface area contributed by atoms with Gasteiger partial charge in [0.1, 0.15) is 5.75 Å². The minimum Gasteiger partial charge on any atom is -0.410 e. The summed E-state index contributed by atoms with van der Waals surface area (Å²) < 4.78 is 41.0. The van der Waals surface area contributed by atoms with Crippen LogP contribution >= 0.6 is 11.6 Å². The monoisotopic (exact) mass is 253 g/mol. The van der Waals surface area contributed by atoms with E-state index >= 15 is 0 Å². The number of hydrogen-bond acceptors (Lipinski definition) is 2. The summed E-state index contributed by atoms with van der Waals surface area (Å²) in [6.45, 7) is 0. The Labute approximate surface area is 93.9 Å². The van der Waals surface area contributed by atoms with Crippen molar-refractivity contribution in [1.29, 1.82) is 0 Å². The molecule has 2 N–H and O–H groups in total. The third-order valence-electron chi connectivity index (χ3n) is 1.62. The van der Waals surface area contributed by atoms with Crippen molar-refractivity contribution < 1.29 is 22.7 Å². The van der Waals surface area contributed by atoms with Crippen molar-refractivity contribution in [2.75, 3.05) is 0 Å². The summed E-state index contributed by atoms with van der Waals surface area (Å²) in [5.41, 5.74) is 4.48. The van der Waals surface area contributed by atoms with Crippen LogP contribution in [-0.4, -0.2) is 12.3 Å². The first-order valence-electron chi connectivity index (χ1n) is 4.10. The lowest BCUT2D eigenvalue weighted by molar-refractivity contribution is -0.127. The maximum Gasteiger partial charge on any atom is 0.409 e. The molecule has 0 fully saturated rings. The Balaban J connectivity index is 3.03. The van der Waals surface area contributed by atoms with Crippen molar-refractivity contribution in [3.05, 3.63) is 28.8 Å². The number of halogens is 4. The molecule has 0 aliphatic carbocycles. The molecule has 0 radical (unpaired) electrons. The van der Waals surface area contributed by atoms with Gasteiger partial charge in [-0.1, -0.05) is 11.6 Å². The highest BCUT2D eigenvalue weighted by Crippen LogP contribution is 2.29. The molecule has 1 aromatic carbocycles. The van der Waals surface area contributed by atoms with E-state index in [4.69, 9.17) is 17.3 Å². The minimum absolute atomic E-state index is 0.121. The normalized spacial score (nSPS) is 11.2. The zero-order valence-corrected chi connectivity index (χ0v) is 8.60. The van der Waals surface area contributed by atoms with Crippen LogP contribution in [0.3, 0.4) is 0 Å². The van der Waals surface area contributed by atoms with E-state index in [0.717, 1.165) is 12.1 Å². The van der Waals surface area contributed by atoms with Gasteiger partial charge in [0.15, 0.2) is 0 Å². The predicted octanol–water partition coefficient (Wildman–Crippen LogP) is 2.90. The topological polar surface area (TPSA) is 52.3 Å². The molecule has 0 spiro atoms. The van der Waals surface area contributed by atoms with E-state index in [1.807, 2.05) is 0 Å². The molecule has 3 nitrogen and oxygen atoms in total. The van der Waals surface area contributed by atoms with Crippen LogP contribution in [0.15, 0.2) is 18.2 Å². The smallest absolute Gasteiger partial charge is 0.409 e. The van der Waals surface area contributed by atoms with Crippen molar-refractivity contribution in [3.8, 4) is 5.75 Å². The number of alkyl halides is 3. The van der Waals surface area contributed by atoms with E-state index in [1.165, 1.54) is 6.07 Å². The maximum absolute atomic E-state index is 12.2. The van der Waals surface area contributed by atoms with E-state index < -0.39 is 18.7 Å². The summed E-state index contributed by atoms with van der Waals surface area (Å²) in [5, 5.41) is 0.121. The van der Waals surface area contributed by atoms with Crippen LogP contribution < -0.4 is 10.5 Å². The van der Waals surface area contributed by atoms with Crippen LogP contribution in [0.1, 0.15) is 5.56 Å². The quantitative estimate of drug-likeness (QED) is 0.881. The van der Waals surface area contributed by atoms with Gasteiger partial charge in [-0.2, -0.15) is 13.2 Å². The molecule has 16 heavy (non-hydrogen) atoms. The Morgan fingerprint density at radius 2 is 2.06 bits per heavy atom. The van der Waals surface area contributed by atoms with Gasteiger partial charge < -0.3 is 10.5 Å². The first-order valence-corrected chi connectivity index (χ1v) is 4.48. The molecule has 0 heterocycles. The molecule has 1 amide bonds. The second-order valence-corrected chi connectivity index (χ2v) is 3.40. The van der Waals surface area contributed by atoms with E-state index in [-0.39, 0.29) is 16.3 Å². The van der Waals surface area contributed by atoms with Crippen molar-refractivity contribution in [3.63, 3.8) is 0 Å². The number of carbonyl (C=O) groups excluding carboxylic acids is 1. The van der Waals surface area contributed by atoms with Crippen LogP contribution in [0, 0.1) is 0 Å². The largest absolute Gasteiger partial charge is 0.410 e. The van der Waals surface area contributed by atoms with Gasteiger partial charge in [-0.25, -0.2) is 4.79 Å². The van der Waals surface area contributed by atoms with Gasteiger partial charge in [0.05, 0.1) is 6.42 Å². The van der Waals surface area contributed by atoms with E-state index in [0.29, 0.717) is 0 Å². The second kappa shape index (κ2) is 4.61. The van der Waals surface area contributed by atoms with Crippen LogP contribution in [0.5, 0.6) is 5.75 Å². The number of carbonyl (C=O) groups is 1. The van der Waals surface area contributed by atoms with Crippen molar-refractivity contribution in [2.45, 2.75) is 12.6 Å². The lowest BCUT2D eigenvalue weighted by Crippen LogP contribution is -2.19. The lowest BCUT2D eigenvalue weighted by atomic mass is 10.1. The minimum atomic E-state index is -4.42. The molecule has 0 aliphatic rings. The number of nitrogens with two attached hydrogens (primary N) is 1. The summed E-state index contributed by atoms with van der Waals surface area (Å²) in [4.78, 5) is 10.5. The van der Waals surface area contributed by atoms with Crippen LogP contribution in [0.4, 0.5) is 18.0 Å². The molecular weight excluding hydrogens is 247 g/mol. The van der Waals surface area contributed by atoms with Crippen LogP contribution in [-0.2, 0) is 6.42 Å². The third kappa shape index (κ3) is 3.98. The highest BCUT2D eigenvalue weighted by atomic mass is 35.5. The molecule has 0 aliphatic heterocycles. The number of rotatable bonds is 2. The highest BCUT2D eigenvalue weighted by Gasteiger charge is 2.29. The van der Waals surface area contributed by atoms with E-state index in [1.54, 1.807) is 0 Å². The number of ether oxygens (including phenoxy) is 1. The Morgan fingerprint density at radius 1 is 1.44 bits per heavy atom. The fourth-order valence-corrected chi connectivity index (χ4v) is 1.30. The molecule has 0 saturated heterocycles. The molecule has 0 unspecified atom stereocenters. The fraction of sp³-hybridized carbons (Fsp3) is 0.222. The average Bonchev–Trinajstić information content (AvgIpc) is 2.06. The molecule has 0 bridgehead atoms. The molecular formula is C9H7ClF3NO2. The molecule has 1 rings (SSSR count). The van der Waals surface area contributed by atoms with Crippen molar-refractivity contribution >= 4 is 17.7 Å². The Kier molecular flexibility index (Phi) is 3.64. The summed E-state index contributed by atoms with van der Waals surface area (Å²) in [6.07, 6.45) is -6.83. The first-order chi connectivity index (χ1) is 7.28. The Bertz CT molecular complexity index is 406. The summed E-state index contributed by atoms with van der Waals surface area (Å²) >= 11 is 5.54. The Morgan fingerprint density at radius 3 is 2.56 bits per heavy atom. The number of primary amides is 1. The van der Waals surface area contributed by atoms with Gasteiger partial charge in [0.25, 0.3) is 0 Å². The average molecular weight is 254 g/mol. The molecule has 88 valence electrons. The first kappa shape index (κ1) is 12.6. The second-order valence-electron chi connectivity index (χ2n) is 2.97. The zero-order valence-electron chi connectivity index (χ0n) is 7.84. The summed E-state index contributed by atoms with van der Waals surface area (Å²) in [5.74, 6) is -0.241. The van der Waals surface area contributed by atoms with Gasteiger partial charge in [-0.3, -0.25) is 0 Å². The zero-order chi connectivity index (χ0) is 12.3. The Hall–Kier alpha value is -1.43. The highest BCUT2D eigenvalue weighted by molar-refractivity contribution is 6.30. The van der Waals surface area contributed by atoms with Crippen molar-refractivity contribution in [1.82, 2.24) is 0 Å². The standard InChI is InChI=1S/C9H7ClF3NO2/c10-6-1-2-7(16-8(14)15)5(3-6)4-9(11,12)13/h1-3H,4H2,(H2,14,15). The van der Waals surface area contributed by atoms with Gasteiger partial charge in [-0.15, -0.1) is 0 Å². The third-order valence-corrected chi connectivity index (χ3v) is 1.86. The van der Waals surface area contributed by atoms with Crippen molar-refractivity contribution in [2.24, 2.45) is 5.73 Å². The summed E-state index contributed by atoms with van der Waals surface area (Å²) in [6, 6.07) is 3.54.